The Hall–Kier alpha value is -0.580. The van der Waals surface area contributed by atoms with Crippen molar-refractivity contribution in [1.82, 2.24) is 15.3 Å². The standard InChI is InChI=1S/C10H15ClN4.ClH/c11-9-4-10(15-7-14-9)13-6-8-2-1-3-12-5-8;/h4,7-8,12H,1-3,5-6H2,(H,13,14,15);1H. The summed E-state index contributed by atoms with van der Waals surface area (Å²) in [5.74, 6) is 1.49. The Balaban J connectivity index is 0.00000128. The van der Waals surface area contributed by atoms with E-state index < -0.39 is 0 Å². The molecular weight excluding hydrogens is 247 g/mol. The highest BCUT2D eigenvalue weighted by molar-refractivity contribution is 6.29. The summed E-state index contributed by atoms with van der Waals surface area (Å²) in [4.78, 5) is 7.93. The van der Waals surface area contributed by atoms with Crippen LogP contribution in [0.1, 0.15) is 12.8 Å². The molecule has 1 atom stereocenters. The van der Waals surface area contributed by atoms with Gasteiger partial charge in [-0.25, -0.2) is 9.97 Å². The zero-order valence-corrected chi connectivity index (χ0v) is 10.5. The molecule has 1 saturated heterocycles. The second-order valence-electron chi connectivity index (χ2n) is 3.82. The average molecular weight is 263 g/mol. The van der Waals surface area contributed by atoms with Gasteiger partial charge in [-0.15, -0.1) is 12.4 Å². The smallest absolute Gasteiger partial charge is 0.134 e. The zero-order chi connectivity index (χ0) is 10.5. The van der Waals surface area contributed by atoms with Gasteiger partial charge < -0.3 is 10.6 Å². The van der Waals surface area contributed by atoms with Crippen LogP contribution in [0.4, 0.5) is 5.82 Å². The molecule has 0 aromatic carbocycles. The van der Waals surface area contributed by atoms with Crippen LogP contribution in [0.5, 0.6) is 0 Å². The number of nitrogens with zero attached hydrogens (tertiary/aromatic N) is 2. The molecule has 1 aliphatic rings. The number of anilines is 1. The van der Waals surface area contributed by atoms with Gasteiger partial charge in [0.2, 0.25) is 0 Å². The number of aromatic nitrogens is 2. The van der Waals surface area contributed by atoms with Gasteiger partial charge in [0.1, 0.15) is 17.3 Å². The molecule has 0 amide bonds. The molecule has 0 radical (unpaired) electrons. The molecule has 90 valence electrons. The van der Waals surface area contributed by atoms with Crippen molar-refractivity contribution in [2.24, 2.45) is 5.92 Å². The molecule has 1 aromatic heterocycles. The molecule has 1 fully saturated rings. The zero-order valence-electron chi connectivity index (χ0n) is 8.95. The van der Waals surface area contributed by atoms with Crippen molar-refractivity contribution in [1.29, 1.82) is 0 Å². The normalized spacial score (nSPS) is 19.9. The van der Waals surface area contributed by atoms with E-state index in [1.54, 1.807) is 6.07 Å². The first-order chi connectivity index (χ1) is 7.34. The van der Waals surface area contributed by atoms with Gasteiger partial charge in [-0.3, -0.25) is 0 Å². The monoisotopic (exact) mass is 262 g/mol. The second kappa shape index (κ2) is 6.89. The molecular formula is C10H16Cl2N4. The van der Waals surface area contributed by atoms with Gasteiger partial charge in [0.25, 0.3) is 0 Å². The number of piperidine rings is 1. The maximum atomic E-state index is 5.76. The minimum Gasteiger partial charge on any atom is -0.370 e. The highest BCUT2D eigenvalue weighted by Gasteiger charge is 2.12. The van der Waals surface area contributed by atoms with Crippen molar-refractivity contribution in [3.8, 4) is 0 Å². The predicted molar refractivity (Wildman–Crippen MR) is 68.4 cm³/mol. The summed E-state index contributed by atoms with van der Waals surface area (Å²) < 4.78 is 0. The fourth-order valence-corrected chi connectivity index (χ4v) is 1.92. The first kappa shape index (κ1) is 13.5. The summed E-state index contributed by atoms with van der Waals surface area (Å²) in [5, 5.41) is 7.14. The van der Waals surface area contributed by atoms with E-state index in [9.17, 15) is 0 Å². The number of halogens is 2. The van der Waals surface area contributed by atoms with Gasteiger partial charge in [-0.05, 0) is 31.8 Å². The van der Waals surface area contributed by atoms with Crippen LogP contribution >= 0.6 is 24.0 Å². The highest BCUT2D eigenvalue weighted by Crippen LogP contribution is 2.12. The van der Waals surface area contributed by atoms with Gasteiger partial charge in [0.05, 0.1) is 0 Å². The fourth-order valence-electron chi connectivity index (χ4n) is 1.78. The molecule has 0 aliphatic carbocycles. The molecule has 1 aromatic rings. The largest absolute Gasteiger partial charge is 0.370 e. The Morgan fingerprint density at radius 2 is 2.38 bits per heavy atom. The van der Waals surface area contributed by atoms with Crippen LogP contribution in [-0.2, 0) is 0 Å². The van der Waals surface area contributed by atoms with Crippen molar-refractivity contribution >= 4 is 29.8 Å². The number of hydrogen-bond acceptors (Lipinski definition) is 4. The van der Waals surface area contributed by atoms with Gasteiger partial charge in [0.15, 0.2) is 0 Å². The summed E-state index contributed by atoms with van der Waals surface area (Å²) in [6.07, 6.45) is 4.01. The lowest BCUT2D eigenvalue weighted by molar-refractivity contribution is 0.392. The second-order valence-corrected chi connectivity index (χ2v) is 4.21. The molecule has 2 heterocycles. The molecule has 2 N–H and O–H groups in total. The SMILES string of the molecule is Cl.Clc1cc(NCC2CCCNC2)ncn1. The van der Waals surface area contributed by atoms with E-state index in [0.717, 1.165) is 25.5 Å². The molecule has 0 saturated carbocycles. The van der Waals surface area contributed by atoms with Crippen molar-refractivity contribution in [3.63, 3.8) is 0 Å². The highest BCUT2D eigenvalue weighted by atomic mass is 35.5. The lowest BCUT2D eigenvalue weighted by Crippen LogP contribution is -2.33. The Labute approximate surface area is 107 Å². The van der Waals surface area contributed by atoms with Gasteiger partial charge in [0, 0.05) is 12.6 Å². The van der Waals surface area contributed by atoms with Gasteiger partial charge >= 0.3 is 0 Å². The Morgan fingerprint density at radius 3 is 3.06 bits per heavy atom. The van der Waals surface area contributed by atoms with Crippen LogP contribution in [0.15, 0.2) is 12.4 Å². The summed E-state index contributed by atoms with van der Waals surface area (Å²) in [7, 11) is 0. The van der Waals surface area contributed by atoms with Gasteiger partial charge in [-0.1, -0.05) is 11.6 Å². The van der Waals surface area contributed by atoms with E-state index in [0.29, 0.717) is 11.1 Å². The number of hydrogen-bond donors (Lipinski definition) is 2. The van der Waals surface area contributed by atoms with Crippen LogP contribution in [0.25, 0.3) is 0 Å². The van der Waals surface area contributed by atoms with Crippen molar-refractivity contribution in [3.05, 3.63) is 17.5 Å². The van der Waals surface area contributed by atoms with Crippen LogP contribution in [0.2, 0.25) is 5.15 Å². The molecule has 0 bridgehead atoms. The molecule has 6 heteroatoms. The van der Waals surface area contributed by atoms with E-state index in [2.05, 4.69) is 20.6 Å². The van der Waals surface area contributed by atoms with Crippen molar-refractivity contribution in [2.75, 3.05) is 25.0 Å². The van der Waals surface area contributed by atoms with Crippen molar-refractivity contribution < 1.29 is 0 Å². The Kier molecular flexibility index (Phi) is 5.80. The maximum Gasteiger partial charge on any atom is 0.134 e. The number of nitrogens with one attached hydrogen (secondary N) is 2. The molecule has 2 rings (SSSR count). The third-order valence-electron chi connectivity index (χ3n) is 2.60. The van der Waals surface area contributed by atoms with E-state index in [1.165, 1.54) is 19.2 Å². The lowest BCUT2D eigenvalue weighted by Gasteiger charge is -2.22. The first-order valence-electron chi connectivity index (χ1n) is 5.27. The summed E-state index contributed by atoms with van der Waals surface area (Å²) >= 11 is 5.76. The molecule has 16 heavy (non-hydrogen) atoms. The minimum atomic E-state index is 0. The molecule has 4 nitrogen and oxygen atoms in total. The minimum absolute atomic E-state index is 0. The average Bonchev–Trinajstić information content (AvgIpc) is 2.28. The fraction of sp³-hybridized carbons (Fsp3) is 0.600. The van der Waals surface area contributed by atoms with E-state index in [1.807, 2.05) is 0 Å². The summed E-state index contributed by atoms with van der Waals surface area (Å²) in [6.45, 7) is 3.18. The quantitative estimate of drug-likeness (QED) is 0.818. The third-order valence-corrected chi connectivity index (χ3v) is 2.81. The van der Waals surface area contributed by atoms with Crippen molar-refractivity contribution in [2.45, 2.75) is 12.8 Å². The molecule has 0 spiro atoms. The number of rotatable bonds is 3. The Bertz CT molecular complexity index is 315. The topological polar surface area (TPSA) is 49.8 Å². The molecule has 1 unspecified atom stereocenters. The van der Waals surface area contributed by atoms with E-state index >= 15 is 0 Å². The predicted octanol–water partition coefficient (Wildman–Crippen LogP) is 1.96. The van der Waals surface area contributed by atoms with Crippen LogP contribution in [0.3, 0.4) is 0 Å². The molecule has 1 aliphatic heterocycles. The first-order valence-corrected chi connectivity index (χ1v) is 5.64. The maximum absolute atomic E-state index is 5.76. The van der Waals surface area contributed by atoms with Crippen LogP contribution < -0.4 is 10.6 Å². The lowest BCUT2D eigenvalue weighted by atomic mass is 10.00. The van der Waals surface area contributed by atoms with Gasteiger partial charge in [-0.2, -0.15) is 0 Å². The third kappa shape index (κ3) is 4.12. The summed E-state index contributed by atoms with van der Waals surface area (Å²) in [6, 6.07) is 1.75. The van der Waals surface area contributed by atoms with E-state index in [4.69, 9.17) is 11.6 Å². The summed E-state index contributed by atoms with van der Waals surface area (Å²) in [5.41, 5.74) is 0. The van der Waals surface area contributed by atoms with E-state index in [-0.39, 0.29) is 12.4 Å². The van der Waals surface area contributed by atoms with Crippen LogP contribution in [0, 0.1) is 5.92 Å². The van der Waals surface area contributed by atoms with Crippen LogP contribution in [-0.4, -0.2) is 29.6 Å². The Morgan fingerprint density at radius 1 is 1.50 bits per heavy atom.